The highest BCUT2D eigenvalue weighted by Gasteiger charge is 2.17. The van der Waals surface area contributed by atoms with E-state index < -0.39 is 0 Å². The van der Waals surface area contributed by atoms with E-state index in [1.807, 2.05) is 19.9 Å². The van der Waals surface area contributed by atoms with Crippen LogP contribution in [-0.4, -0.2) is 16.3 Å². The van der Waals surface area contributed by atoms with E-state index in [2.05, 4.69) is 15.9 Å². The van der Waals surface area contributed by atoms with Gasteiger partial charge in [-0.1, -0.05) is 29.8 Å². The molecule has 0 fully saturated rings. The monoisotopic (exact) mass is 259 g/mol. The maximum Gasteiger partial charge on any atom is 0.251 e. The molecule has 0 amide bonds. The summed E-state index contributed by atoms with van der Waals surface area (Å²) in [6, 6.07) is 3.34. The van der Waals surface area contributed by atoms with Crippen LogP contribution in [0.2, 0.25) is 0 Å². The van der Waals surface area contributed by atoms with E-state index >= 15 is 0 Å². The van der Waals surface area contributed by atoms with E-state index in [1.165, 1.54) is 6.07 Å². The number of aliphatic hydroxyl groups is 1. The van der Waals surface area contributed by atoms with Gasteiger partial charge in [-0.15, -0.1) is 0 Å². The molecule has 0 aliphatic carbocycles. The smallest absolute Gasteiger partial charge is 0.251 e. The Morgan fingerprint density at radius 1 is 1.57 bits per heavy atom. The first-order chi connectivity index (χ1) is 6.44. The van der Waals surface area contributed by atoms with Crippen LogP contribution in [0.3, 0.4) is 0 Å². The number of pyridine rings is 1. The zero-order valence-corrected chi connectivity index (χ0v) is 9.91. The molecule has 0 atom stereocenters. The molecule has 1 rings (SSSR count). The van der Waals surface area contributed by atoms with E-state index in [9.17, 15) is 4.79 Å². The van der Waals surface area contributed by atoms with Crippen LogP contribution in [0.1, 0.15) is 13.8 Å². The quantitative estimate of drug-likeness (QED) is 0.897. The molecular formula is C10H14BrNO2. The molecule has 1 aromatic rings. The minimum absolute atomic E-state index is 0.0547. The highest BCUT2D eigenvalue weighted by molar-refractivity contribution is 9.10. The first-order valence-electron chi connectivity index (χ1n) is 4.41. The lowest BCUT2D eigenvalue weighted by Crippen LogP contribution is -2.30. The number of halogens is 1. The Morgan fingerprint density at radius 3 is 2.71 bits per heavy atom. The van der Waals surface area contributed by atoms with E-state index in [-0.39, 0.29) is 17.6 Å². The SMILES string of the molecule is CC(C)(CO)Cn1ccc(Br)cc1=O. The highest BCUT2D eigenvalue weighted by atomic mass is 79.9. The van der Waals surface area contributed by atoms with Crippen molar-refractivity contribution in [3.8, 4) is 0 Å². The van der Waals surface area contributed by atoms with Crippen molar-refractivity contribution in [1.29, 1.82) is 0 Å². The van der Waals surface area contributed by atoms with Gasteiger partial charge in [0.25, 0.3) is 5.56 Å². The number of rotatable bonds is 3. The molecule has 0 unspecified atom stereocenters. The highest BCUT2D eigenvalue weighted by Crippen LogP contribution is 2.16. The Hall–Kier alpha value is -0.610. The largest absolute Gasteiger partial charge is 0.396 e. The zero-order valence-electron chi connectivity index (χ0n) is 8.33. The normalized spacial score (nSPS) is 11.7. The van der Waals surface area contributed by atoms with Gasteiger partial charge < -0.3 is 9.67 Å². The molecule has 0 aliphatic rings. The zero-order chi connectivity index (χ0) is 10.8. The van der Waals surface area contributed by atoms with Crippen LogP contribution < -0.4 is 5.56 Å². The second-order valence-corrected chi connectivity index (χ2v) is 5.05. The summed E-state index contributed by atoms with van der Waals surface area (Å²) >= 11 is 3.23. The van der Waals surface area contributed by atoms with Crippen molar-refractivity contribution in [2.45, 2.75) is 20.4 Å². The average Bonchev–Trinajstić information content (AvgIpc) is 2.10. The third-order valence-corrected chi connectivity index (χ3v) is 2.48. The maximum atomic E-state index is 11.5. The van der Waals surface area contributed by atoms with Gasteiger partial charge in [0, 0.05) is 35.3 Å². The molecule has 78 valence electrons. The number of aromatic nitrogens is 1. The summed E-state index contributed by atoms with van der Waals surface area (Å²) in [5.41, 5.74) is -0.321. The average molecular weight is 260 g/mol. The minimum Gasteiger partial charge on any atom is -0.396 e. The molecule has 0 aromatic carbocycles. The van der Waals surface area contributed by atoms with E-state index in [1.54, 1.807) is 10.8 Å². The van der Waals surface area contributed by atoms with Crippen LogP contribution in [0.5, 0.6) is 0 Å². The number of hydrogen-bond acceptors (Lipinski definition) is 2. The van der Waals surface area contributed by atoms with Crippen molar-refractivity contribution in [3.63, 3.8) is 0 Å². The van der Waals surface area contributed by atoms with E-state index in [0.717, 1.165) is 4.47 Å². The molecule has 0 spiro atoms. The number of nitrogens with zero attached hydrogens (tertiary/aromatic N) is 1. The van der Waals surface area contributed by atoms with E-state index in [0.29, 0.717) is 6.54 Å². The maximum absolute atomic E-state index is 11.5. The van der Waals surface area contributed by atoms with Gasteiger partial charge in [-0.25, -0.2) is 0 Å². The predicted octanol–water partition coefficient (Wildman–Crippen LogP) is 1.63. The van der Waals surface area contributed by atoms with Crippen molar-refractivity contribution in [2.75, 3.05) is 6.61 Å². The lowest BCUT2D eigenvalue weighted by molar-refractivity contribution is 0.139. The van der Waals surface area contributed by atoms with Crippen LogP contribution in [-0.2, 0) is 6.54 Å². The van der Waals surface area contributed by atoms with Crippen LogP contribution >= 0.6 is 15.9 Å². The summed E-state index contributed by atoms with van der Waals surface area (Å²) in [5.74, 6) is 0. The molecule has 0 saturated carbocycles. The van der Waals surface area contributed by atoms with Crippen LogP contribution in [0.15, 0.2) is 27.6 Å². The fourth-order valence-electron chi connectivity index (χ4n) is 1.13. The third kappa shape index (κ3) is 2.96. The molecule has 0 bridgehead atoms. The fraction of sp³-hybridized carbons (Fsp3) is 0.500. The van der Waals surface area contributed by atoms with Gasteiger partial charge in [-0.05, 0) is 6.07 Å². The summed E-state index contributed by atoms with van der Waals surface area (Å²) < 4.78 is 2.38. The Balaban J connectivity index is 2.93. The lowest BCUT2D eigenvalue weighted by Gasteiger charge is -2.22. The van der Waals surface area contributed by atoms with Crippen LogP contribution in [0, 0.1) is 5.41 Å². The molecule has 0 radical (unpaired) electrons. The van der Waals surface area contributed by atoms with Crippen LogP contribution in [0.4, 0.5) is 0 Å². The second-order valence-electron chi connectivity index (χ2n) is 4.13. The van der Waals surface area contributed by atoms with Crippen molar-refractivity contribution in [3.05, 3.63) is 33.2 Å². The van der Waals surface area contributed by atoms with Crippen molar-refractivity contribution in [1.82, 2.24) is 4.57 Å². The van der Waals surface area contributed by atoms with Gasteiger partial charge in [0.05, 0.1) is 0 Å². The molecule has 1 aromatic heterocycles. The summed E-state index contributed by atoms with van der Waals surface area (Å²) in [7, 11) is 0. The summed E-state index contributed by atoms with van der Waals surface area (Å²) in [6.45, 7) is 4.42. The molecule has 1 heterocycles. The van der Waals surface area contributed by atoms with Gasteiger partial charge in [0.2, 0.25) is 0 Å². The van der Waals surface area contributed by atoms with Gasteiger partial charge in [-0.3, -0.25) is 4.79 Å². The molecule has 14 heavy (non-hydrogen) atoms. The lowest BCUT2D eigenvalue weighted by atomic mass is 9.95. The Labute approximate surface area is 91.5 Å². The second kappa shape index (κ2) is 4.28. The molecular weight excluding hydrogens is 246 g/mol. The Kier molecular flexibility index (Phi) is 3.50. The van der Waals surface area contributed by atoms with Crippen molar-refractivity contribution < 1.29 is 5.11 Å². The summed E-state index contributed by atoms with van der Waals surface area (Å²) in [4.78, 5) is 11.5. The number of hydrogen-bond donors (Lipinski definition) is 1. The molecule has 0 saturated heterocycles. The first-order valence-corrected chi connectivity index (χ1v) is 5.21. The van der Waals surface area contributed by atoms with Gasteiger partial charge in [-0.2, -0.15) is 0 Å². The Morgan fingerprint density at radius 2 is 2.21 bits per heavy atom. The topological polar surface area (TPSA) is 42.2 Å². The van der Waals surface area contributed by atoms with Gasteiger partial charge >= 0.3 is 0 Å². The van der Waals surface area contributed by atoms with Crippen LogP contribution in [0.25, 0.3) is 0 Å². The molecule has 3 nitrogen and oxygen atoms in total. The molecule has 4 heteroatoms. The molecule has 0 aliphatic heterocycles. The predicted molar refractivity (Wildman–Crippen MR) is 59.3 cm³/mol. The van der Waals surface area contributed by atoms with Crippen molar-refractivity contribution >= 4 is 15.9 Å². The standard InChI is InChI=1S/C10H14BrNO2/c1-10(2,7-13)6-12-4-3-8(11)5-9(12)14/h3-5,13H,6-7H2,1-2H3. The van der Waals surface area contributed by atoms with E-state index in [4.69, 9.17) is 5.11 Å². The van der Waals surface area contributed by atoms with Gasteiger partial charge in [0.15, 0.2) is 0 Å². The number of aliphatic hydroxyl groups excluding tert-OH is 1. The first kappa shape index (κ1) is 11.5. The Bertz CT molecular complexity index is 371. The molecule has 1 N–H and O–H groups in total. The summed E-state index contributed by atoms with van der Waals surface area (Å²) in [5, 5.41) is 9.08. The van der Waals surface area contributed by atoms with Gasteiger partial charge in [0.1, 0.15) is 0 Å². The minimum atomic E-state index is -0.266. The summed E-state index contributed by atoms with van der Waals surface area (Å²) in [6.07, 6.45) is 1.73. The van der Waals surface area contributed by atoms with Crippen molar-refractivity contribution in [2.24, 2.45) is 5.41 Å². The third-order valence-electron chi connectivity index (χ3n) is 1.98. The fourth-order valence-corrected chi connectivity index (χ4v) is 1.44.